The lowest BCUT2D eigenvalue weighted by molar-refractivity contribution is 0.258. The van der Waals surface area contributed by atoms with Gasteiger partial charge in [0.25, 0.3) is 0 Å². The third-order valence-corrected chi connectivity index (χ3v) is 3.91. The van der Waals surface area contributed by atoms with Crippen molar-refractivity contribution < 1.29 is 0 Å². The molecule has 104 valence electrons. The molecule has 19 heavy (non-hydrogen) atoms. The van der Waals surface area contributed by atoms with Gasteiger partial charge in [-0.15, -0.1) is 0 Å². The van der Waals surface area contributed by atoms with Crippen LogP contribution in [0, 0.1) is 13.8 Å². The molecule has 0 amide bonds. The topological polar surface area (TPSA) is 18.8 Å². The van der Waals surface area contributed by atoms with Gasteiger partial charge in [0.1, 0.15) is 0 Å². The number of benzene rings is 1. The zero-order valence-electron chi connectivity index (χ0n) is 12.4. The van der Waals surface area contributed by atoms with Gasteiger partial charge < -0.3 is 4.90 Å². The van der Waals surface area contributed by atoms with Crippen molar-refractivity contribution in [2.75, 3.05) is 37.6 Å². The molecule has 0 aromatic heterocycles. The van der Waals surface area contributed by atoms with E-state index in [0.717, 1.165) is 18.8 Å². The van der Waals surface area contributed by atoms with E-state index in [4.69, 9.17) is 0 Å². The van der Waals surface area contributed by atoms with Gasteiger partial charge in [-0.1, -0.05) is 6.92 Å². The summed E-state index contributed by atoms with van der Waals surface area (Å²) in [5, 5.41) is 0. The predicted molar refractivity (Wildman–Crippen MR) is 84.1 cm³/mol. The van der Waals surface area contributed by atoms with Crippen LogP contribution in [0.15, 0.2) is 17.1 Å². The lowest BCUT2D eigenvalue weighted by atomic mass is 10.1. The Labute approximate surface area is 116 Å². The molecule has 1 aliphatic heterocycles. The van der Waals surface area contributed by atoms with E-state index in [0.29, 0.717) is 0 Å². The molecule has 2 rings (SSSR count). The maximum atomic E-state index is 4.12. The van der Waals surface area contributed by atoms with Crippen molar-refractivity contribution in [3.63, 3.8) is 0 Å². The highest BCUT2D eigenvalue weighted by atomic mass is 15.3. The van der Waals surface area contributed by atoms with Crippen LogP contribution in [0.5, 0.6) is 0 Å². The largest absolute Gasteiger partial charge is 0.369 e. The predicted octanol–water partition coefficient (Wildman–Crippen LogP) is 3.17. The summed E-state index contributed by atoms with van der Waals surface area (Å²) in [5.74, 6) is 0. The minimum atomic E-state index is 1.04. The summed E-state index contributed by atoms with van der Waals surface area (Å²) in [7, 11) is 0. The fourth-order valence-electron chi connectivity index (χ4n) is 2.91. The van der Waals surface area contributed by atoms with Gasteiger partial charge in [-0.3, -0.25) is 9.89 Å². The number of aliphatic imine (C=N–C) groups is 1. The second-order valence-electron chi connectivity index (χ2n) is 5.41. The minimum Gasteiger partial charge on any atom is -0.369 e. The Balaban J connectivity index is 2.09. The average Bonchev–Trinajstić information content (AvgIpc) is 2.39. The van der Waals surface area contributed by atoms with E-state index >= 15 is 0 Å². The number of piperazine rings is 1. The van der Waals surface area contributed by atoms with Crippen LogP contribution in [0.4, 0.5) is 11.4 Å². The van der Waals surface area contributed by atoms with Gasteiger partial charge in [-0.05, 0) is 56.8 Å². The quantitative estimate of drug-likeness (QED) is 0.773. The average molecular weight is 259 g/mol. The van der Waals surface area contributed by atoms with Crippen LogP contribution in [0.3, 0.4) is 0 Å². The molecule has 1 aliphatic rings. The number of rotatable bonds is 4. The molecule has 0 spiro atoms. The molecule has 1 saturated heterocycles. The fraction of sp³-hybridized carbons (Fsp3) is 0.562. The van der Waals surface area contributed by atoms with Gasteiger partial charge in [0.2, 0.25) is 0 Å². The summed E-state index contributed by atoms with van der Waals surface area (Å²) in [5.41, 5.74) is 4.81. The second kappa shape index (κ2) is 6.20. The van der Waals surface area contributed by atoms with Crippen LogP contribution in [-0.4, -0.2) is 44.3 Å². The number of aryl methyl sites for hydroxylation is 2. The van der Waals surface area contributed by atoms with Crippen molar-refractivity contribution in [2.24, 2.45) is 4.99 Å². The Bertz CT molecular complexity index is 422. The number of nitrogens with zero attached hydrogens (tertiary/aromatic N) is 3. The van der Waals surface area contributed by atoms with E-state index in [1.54, 1.807) is 0 Å². The third kappa shape index (κ3) is 3.16. The Morgan fingerprint density at radius 1 is 1.11 bits per heavy atom. The molecule has 0 bridgehead atoms. The van der Waals surface area contributed by atoms with Crippen LogP contribution in [0.2, 0.25) is 0 Å². The summed E-state index contributed by atoms with van der Waals surface area (Å²) in [6, 6.07) is 4.49. The van der Waals surface area contributed by atoms with Crippen molar-refractivity contribution in [1.82, 2.24) is 4.90 Å². The molecule has 0 aliphatic carbocycles. The molecule has 0 N–H and O–H groups in total. The monoisotopic (exact) mass is 259 g/mol. The molecule has 0 saturated carbocycles. The summed E-state index contributed by atoms with van der Waals surface area (Å²) in [6.07, 6.45) is 1.25. The summed E-state index contributed by atoms with van der Waals surface area (Å²) < 4.78 is 0. The molecule has 3 nitrogen and oxygen atoms in total. The molecular weight excluding hydrogens is 234 g/mol. The van der Waals surface area contributed by atoms with Crippen molar-refractivity contribution in [2.45, 2.75) is 27.2 Å². The van der Waals surface area contributed by atoms with Crippen LogP contribution in [0.25, 0.3) is 0 Å². The van der Waals surface area contributed by atoms with E-state index in [1.165, 1.54) is 42.9 Å². The fourth-order valence-corrected chi connectivity index (χ4v) is 2.91. The first-order chi connectivity index (χ1) is 9.15. The first-order valence-corrected chi connectivity index (χ1v) is 7.21. The van der Waals surface area contributed by atoms with Crippen molar-refractivity contribution in [3.8, 4) is 0 Å². The Kier molecular flexibility index (Phi) is 4.59. The smallest absolute Gasteiger partial charge is 0.0682 e. The first kappa shape index (κ1) is 14.1. The highest BCUT2D eigenvalue weighted by molar-refractivity contribution is 5.64. The van der Waals surface area contributed by atoms with E-state index in [2.05, 4.69) is 54.4 Å². The number of hydrogen-bond acceptors (Lipinski definition) is 3. The van der Waals surface area contributed by atoms with E-state index in [-0.39, 0.29) is 0 Å². The minimum absolute atomic E-state index is 1.04. The van der Waals surface area contributed by atoms with Gasteiger partial charge in [-0.25, -0.2) is 0 Å². The highest BCUT2D eigenvalue weighted by Gasteiger charge is 2.17. The summed E-state index contributed by atoms with van der Waals surface area (Å²) >= 11 is 0. The molecular formula is C16H25N3. The van der Waals surface area contributed by atoms with Crippen LogP contribution >= 0.6 is 0 Å². The first-order valence-electron chi connectivity index (χ1n) is 7.21. The van der Waals surface area contributed by atoms with Gasteiger partial charge in [-0.2, -0.15) is 0 Å². The van der Waals surface area contributed by atoms with Crippen molar-refractivity contribution >= 4 is 18.1 Å². The van der Waals surface area contributed by atoms with Crippen molar-refractivity contribution in [1.29, 1.82) is 0 Å². The molecule has 3 heteroatoms. The molecule has 0 unspecified atom stereocenters. The zero-order valence-corrected chi connectivity index (χ0v) is 12.4. The Morgan fingerprint density at radius 3 is 2.16 bits per heavy atom. The van der Waals surface area contributed by atoms with Crippen LogP contribution in [-0.2, 0) is 0 Å². The maximum absolute atomic E-state index is 4.12. The molecule has 1 aromatic rings. The summed E-state index contributed by atoms with van der Waals surface area (Å²) in [6.45, 7) is 16.0. The molecule has 0 radical (unpaired) electrons. The Hall–Kier alpha value is -1.35. The molecule has 1 fully saturated rings. The lowest BCUT2D eigenvalue weighted by Gasteiger charge is -2.36. The molecule has 1 heterocycles. The van der Waals surface area contributed by atoms with E-state index in [9.17, 15) is 0 Å². The lowest BCUT2D eigenvalue weighted by Crippen LogP contribution is -2.46. The number of anilines is 1. The normalized spacial score (nSPS) is 16.7. The number of hydrogen-bond donors (Lipinski definition) is 0. The molecule has 1 aromatic carbocycles. The van der Waals surface area contributed by atoms with Gasteiger partial charge in [0, 0.05) is 31.9 Å². The zero-order chi connectivity index (χ0) is 13.8. The second-order valence-corrected chi connectivity index (χ2v) is 5.41. The van der Waals surface area contributed by atoms with Gasteiger partial charge in [0.15, 0.2) is 0 Å². The van der Waals surface area contributed by atoms with Gasteiger partial charge in [0.05, 0.1) is 5.69 Å². The highest BCUT2D eigenvalue weighted by Crippen LogP contribution is 2.29. The maximum Gasteiger partial charge on any atom is 0.0682 e. The SMILES string of the molecule is C=Nc1c(C)cc(N2CCN(CCC)CC2)cc1C. The third-order valence-electron chi connectivity index (χ3n) is 3.91. The summed E-state index contributed by atoms with van der Waals surface area (Å²) in [4.78, 5) is 9.15. The molecule has 0 atom stereocenters. The standard InChI is InChI=1S/C16H25N3/c1-5-6-18-7-9-19(10-8-18)15-11-13(2)16(17-4)14(3)12-15/h11-12H,4-10H2,1-3H3. The van der Waals surface area contributed by atoms with Crippen molar-refractivity contribution in [3.05, 3.63) is 23.3 Å². The van der Waals surface area contributed by atoms with Gasteiger partial charge >= 0.3 is 0 Å². The van der Waals surface area contributed by atoms with Crippen LogP contribution < -0.4 is 4.90 Å². The van der Waals surface area contributed by atoms with Crippen LogP contribution in [0.1, 0.15) is 24.5 Å². The van der Waals surface area contributed by atoms with E-state index in [1.807, 2.05) is 0 Å². The van der Waals surface area contributed by atoms with E-state index < -0.39 is 0 Å². The Morgan fingerprint density at radius 2 is 1.68 bits per heavy atom.